The molecule has 1 fully saturated rings. The van der Waals surface area contributed by atoms with Crippen molar-refractivity contribution in [2.45, 2.75) is 25.5 Å². The molecule has 144 valence electrons. The maximum atomic E-state index is 12.3. The summed E-state index contributed by atoms with van der Waals surface area (Å²) in [6, 6.07) is 10.5. The Morgan fingerprint density at radius 2 is 1.96 bits per heavy atom. The molecule has 7 nitrogen and oxygen atoms in total. The molecule has 0 radical (unpaired) electrons. The normalized spacial score (nSPS) is 14.7. The summed E-state index contributed by atoms with van der Waals surface area (Å²) in [5, 5.41) is 5.89. The zero-order valence-corrected chi connectivity index (χ0v) is 15.8. The van der Waals surface area contributed by atoms with Gasteiger partial charge < -0.3 is 24.7 Å². The number of piperidine rings is 1. The quantitative estimate of drug-likeness (QED) is 0.820. The molecule has 0 atom stereocenters. The summed E-state index contributed by atoms with van der Waals surface area (Å²) >= 11 is 6.12. The number of carbonyl (C=O) groups is 2. The van der Waals surface area contributed by atoms with Crippen molar-refractivity contribution in [2.24, 2.45) is 0 Å². The molecule has 1 aliphatic rings. The van der Waals surface area contributed by atoms with E-state index in [0.717, 1.165) is 12.8 Å². The smallest absolute Gasteiger partial charge is 0.317 e. The fourth-order valence-corrected chi connectivity index (χ4v) is 3.07. The summed E-state index contributed by atoms with van der Waals surface area (Å²) in [7, 11) is 1.53. The first-order valence-corrected chi connectivity index (χ1v) is 9.19. The van der Waals surface area contributed by atoms with Crippen LogP contribution in [0.25, 0.3) is 0 Å². The van der Waals surface area contributed by atoms with Crippen LogP contribution in [0.2, 0.25) is 5.02 Å². The number of carbonyl (C=O) groups excluding carboxylic acids is 2. The standard InChI is InChI=1S/C19H22ClN3O4/c1-21-18(24)17-7-6-14(27-17)12-22-19(25)23-10-8-13(9-11-23)26-16-5-3-2-4-15(16)20/h2-7,13H,8-12H2,1H3,(H,21,24)(H,22,25). The lowest BCUT2D eigenvalue weighted by molar-refractivity contribution is 0.0933. The molecule has 1 aliphatic heterocycles. The van der Waals surface area contributed by atoms with E-state index in [4.69, 9.17) is 20.8 Å². The molecule has 1 aromatic heterocycles. The lowest BCUT2D eigenvalue weighted by Crippen LogP contribution is -2.46. The largest absolute Gasteiger partial charge is 0.489 e. The molecule has 2 aromatic rings. The third-order valence-electron chi connectivity index (χ3n) is 4.39. The second-order valence-electron chi connectivity index (χ2n) is 6.24. The first kappa shape index (κ1) is 19.1. The Bertz CT molecular complexity index is 800. The zero-order chi connectivity index (χ0) is 19.2. The van der Waals surface area contributed by atoms with Crippen LogP contribution < -0.4 is 15.4 Å². The number of hydrogen-bond acceptors (Lipinski definition) is 4. The van der Waals surface area contributed by atoms with Gasteiger partial charge in [-0.2, -0.15) is 0 Å². The summed E-state index contributed by atoms with van der Waals surface area (Å²) < 4.78 is 11.3. The number of furan rings is 1. The van der Waals surface area contributed by atoms with Crippen LogP contribution >= 0.6 is 11.6 Å². The highest BCUT2D eigenvalue weighted by molar-refractivity contribution is 6.32. The van der Waals surface area contributed by atoms with Crippen molar-refractivity contribution in [3.8, 4) is 5.75 Å². The summed E-state index contributed by atoms with van der Waals surface area (Å²) in [5.74, 6) is 1.12. The molecule has 2 heterocycles. The Morgan fingerprint density at radius 1 is 1.22 bits per heavy atom. The molecule has 27 heavy (non-hydrogen) atoms. The van der Waals surface area contributed by atoms with Gasteiger partial charge in [0.1, 0.15) is 17.6 Å². The van der Waals surface area contributed by atoms with Crippen molar-refractivity contribution in [3.63, 3.8) is 0 Å². The molecule has 3 amide bonds. The van der Waals surface area contributed by atoms with Crippen LogP contribution in [0.1, 0.15) is 29.2 Å². The van der Waals surface area contributed by atoms with Gasteiger partial charge in [-0.1, -0.05) is 23.7 Å². The van der Waals surface area contributed by atoms with E-state index in [1.807, 2.05) is 18.2 Å². The predicted octanol–water partition coefficient (Wildman–Crippen LogP) is 3.05. The maximum Gasteiger partial charge on any atom is 0.317 e. The minimum absolute atomic E-state index is 0.0362. The van der Waals surface area contributed by atoms with Crippen LogP contribution in [0, 0.1) is 0 Å². The maximum absolute atomic E-state index is 12.3. The van der Waals surface area contributed by atoms with E-state index in [-0.39, 0.29) is 30.3 Å². The number of nitrogens with zero attached hydrogens (tertiary/aromatic N) is 1. The van der Waals surface area contributed by atoms with Crippen LogP contribution in [0.3, 0.4) is 0 Å². The van der Waals surface area contributed by atoms with Gasteiger partial charge >= 0.3 is 6.03 Å². The SMILES string of the molecule is CNC(=O)c1ccc(CNC(=O)N2CCC(Oc3ccccc3Cl)CC2)o1. The molecule has 0 unspecified atom stereocenters. The number of para-hydroxylation sites is 1. The molecule has 0 bridgehead atoms. The highest BCUT2D eigenvalue weighted by Crippen LogP contribution is 2.26. The highest BCUT2D eigenvalue weighted by atomic mass is 35.5. The van der Waals surface area contributed by atoms with Crippen LogP contribution in [-0.4, -0.2) is 43.1 Å². The van der Waals surface area contributed by atoms with Gasteiger partial charge in [0.05, 0.1) is 11.6 Å². The van der Waals surface area contributed by atoms with Crippen molar-refractivity contribution in [1.29, 1.82) is 0 Å². The topological polar surface area (TPSA) is 83.8 Å². The first-order chi connectivity index (χ1) is 13.1. The van der Waals surface area contributed by atoms with Crippen molar-refractivity contribution < 1.29 is 18.7 Å². The summed E-state index contributed by atoms with van der Waals surface area (Å²) in [4.78, 5) is 25.5. The predicted molar refractivity (Wildman–Crippen MR) is 101 cm³/mol. The second-order valence-corrected chi connectivity index (χ2v) is 6.65. The summed E-state index contributed by atoms with van der Waals surface area (Å²) in [6.45, 7) is 1.43. The summed E-state index contributed by atoms with van der Waals surface area (Å²) in [5.41, 5.74) is 0. The zero-order valence-electron chi connectivity index (χ0n) is 15.0. The fraction of sp³-hybridized carbons (Fsp3) is 0.368. The molecular weight excluding hydrogens is 370 g/mol. The van der Waals surface area contributed by atoms with Gasteiger partial charge in [-0.3, -0.25) is 4.79 Å². The Labute approximate surface area is 162 Å². The molecule has 1 aromatic carbocycles. The Balaban J connectivity index is 1.44. The monoisotopic (exact) mass is 391 g/mol. The Kier molecular flexibility index (Phi) is 6.24. The lowest BCUT2D eigenvalue weighted by atomic mass is 10.1. The third-order valence-corrected chi connectivity index (χ3v) is 4.70. The number of likely N-dealkylation sites (tertiary alicyclic amines) is 1. The van der Waals surface area contributed by atoms with Crippen molar-refractivity contribution >= 4 is 23.5 Å². The summed E-state index contributed by atoms with van der Waals surface area (Å²) in [6.07, 6.45) is 1.51. The molecular formula is C19H22ClN3O4. The number of benzene rings is 1. The van der Waals surface area contributed by atoms with E-state index >= 15 is 0 Å². The molecule has 0 saturated carbocycles. The van der Waals surface area contributed by atoms with Crippen LogP contribution in [0.4, 0.5) is 4.79 Å². The van der Waals surface area contributed by atoms with Crippen molar-refractivity contribution in [2.75, 3.05) is 20.1 Å². The van der Waals surface area contributed by atoms with Gasteiger partial charge in [0.25, 0.3) is 5.91 Å². The number of ether oxygens (including phenoxy) is 1. The van der Waals surface area contributed by atoms with Gasteiger partial charge in [-0.25, -0.2) is 4.79 Å². The van der Waals surface area contributed by atoms with Gasteiger partial charge in [0.2, 0.25) is 0 Å². The van der Waals surface area contributed by atoms with Crippen molar-refractivity contribution in [3.05, 3.63) is 52.9 Å². The lowest BCUT2D eigenvalue weighted by Gasteiger charge is -2.32. The van der Waals surface area contributed by atoms with Gasteiger partial charge in [0.15, 0.2) is 5.76 Å². The van der Waals surface area contributed by atoms with E-state index in [0.29, 0.717) is 29.6 Å². The average Bonchev–Trinajstić information content (AvgIpc) is 3.17. The van der Waals surface area contributed by atoms with E-state index < -0.39 is 0 Å². The van der Waals surface area contributed by atoms with Crippen molar-refractivity contribution in [1.82, 2.24) is 15.5 Å². The Hall–Kier alpha value is -2.67. The van der Waals surface area contributed by atoms with E-state index in [1.54, 1.807) is 23.1 Å². The number of rotatable bonds is 5. The second kappa shape index (κ2) is 8.81. The van der Waals surface area contributed by atoms with Gasteiger partial charge in [0, 0.05) is 33.0 Å². The van der Waals surface area contributed by atoms with Gasteiger partial charge in [-0.15, -0.1) is 0 Å². The molecule has 0 aliphatic carbocycles. The number of amides is 3. The number of nitrogens with one attached hydrogen (secondary N) is 2. The minimum Gasteiger partial charge on any atom is -0.489 e. The minimum atomic E-state index is -0.298. The fourth-order valence-electron chi connectivity index (χ4n) is 2.89. The number of hydrogen-bond donors (Lipinski definition) is 2. The first-order valence-electron chi connectivity index (χ1n) is 8.81. The van der Waals surface area contributed by atoms with Crippen LogP contribution in [0.5, 0.6) is 5.75 Å². The molecule has 0 spiro atoms. The number of halogens is 1. The molecule has 1 saturated heterocycles. The van der Waals surface area contributed by atoms with Crippen LogP contribution in [0.15, 0.2) is 40.8 Å². The van der Waals surface area contributed by atoms with E-state index in [2.05, 4.69) is 10.6 Å². The van der Waals surface area contributed by atoms with E-state index in [9.17, 15) is 9.59 Å². The van der Waals surface area contributed by atoms with E-state index in [1.165, 1.54) is 7.05 Å². The molecule has 3 rings (SSSR count). The molecule has 8 heteroatoms. The Morgan fingerprint density at radius 3 is 2.67 bits per heavy atom. The van der Waals surface area contributed by atoms with Crippen LogP contribution in [-0.2, 0) is 6.54 Å². The average molecular weight is 392 g/mol. The highest BCUT2D eigenvalue weighted by Gasteiger charge is 2.24. The number of urea groups is 1. The third kappa shape index (κ3) is 4.95. The van der Waals surface area contributed by atoms with Gasteiger partial charge in [-0.05, 0) is 24.3 Å². The molecule has 2 N–H and O–H groups in total.